The van der Waals surface area contributed by atoms with Gasteiger partial charge in [0.1, 0.15) is 0 Å². The summed E-state index contributed by atoms with van der Waals surface area (Å²) in [6.45, 7) is 5.03. The molecule has 130 valence electrons. The summed E-state index contributed by atoms with van der Waals surface area (Å²) < 4.78 is 7.12. The molecule has 1 aliphatic rings. The van der Waals surface area contributed by atoms with Crippen LogP contribution in [0, 0.1) is 5.92 Å². The first-order valence-electron chi connectivity index (χ1n) is 8.21. The highest BCUT2D eigenvalue weighted by Crippen LogP contribution is 2.17. The Morgan fingerprint density at radius 1 is 1.50 bits per heavy atom. The predicted octanol–water partition coefficient (Wildman–Crippen LogP) is 2.26. The molecule has 0 amide bonds. The number of hydrogen-bond donors (Lipinski definition) is 2. The second-order valence-electron chi connectivity index (χ2n) is 6.24. The van der Waals surface area contributed by atoms with Crippen molar-refractivity contribution in [2.45, 2.75) is 32.2 Å². The summed E-state index contributed by atoms with van der Waals surface area (Å²) in [6.07, 6.45) is 5.43. The minimum atomic E-state index is -0.153. The van der Waals surface area contributed by atoms with Gasteiger partial charge in [-0.05, 0) is 18.8 Å². The fourth-order valence-electron chi connectivity index (χ4n) is 2.82. The minimum absolute atomic E-state index is 0.0481. The Labute approximate surface area is 145 Å². The molecule has 0 radical (unpaired) electrons. The highest BCUT2D eigenvalue weighted by atomic mass is 35.5. The number of anilines is 1. The van der Waals surface area contributed by atoms with Gasteiger partial charge in [0.05, 0.1) is 16.9 Å². The zero-order chi connectivity index (χ0) is 16.9. The molecule has 1 atom stereocenters. The van der Waals surface area contributed by atoms with Gasteiger partial charge in [0.2, 0.25) is 5.95 Å². The Hall–Kier alpha value is -1.86. The molecule has 2 N–H and O–H groups in total. The standard InChI is InChI=1S/C16H22ClN5O2/c1-11(9-22-10-13(17)8-19-22)14-6-15(23)21-16(20-14)18-7-12-2-4-24-5-3-12/h6,8,10-12H,2-5,7,9H2,1H3,(H2,18,20,21,23)/t11-/m0/s1. The van der Waals surface area contributed by atoms with E-state index >= 15 is 0 Å². The summed E-state index contributed by atoms with van der Waals surface area (Å²) in [4.78, 5) is 19.2. The molecule has 2 aromatic rings. The normalized spacial score (nSPS) is 16.9. The molecule has 2 aromatic heterocycles. The Morgan fingerprint density at radius 3 is 3.00 bits per heavy atom. The van der Waals surface area contributed by atoms with Crippen molar-refractivity contribution in [3.63, 3.8) is 0 Å². The monoisotopic (exact) mass is 351 g/mol. The summed E-state index contributed by atoms with van der Waals surface area (Å²) in [7, 11) is 0. The number of rotatable bonds is 6. The third-order valence-electron chi connectivity index (χ3n) is 4.23. The Bertz CT molecular complexity index is 723. The summed E-state index contributed by atoms with van der Waals surface area (Å²) in [5.41, 5.74) is 0.583. The highest BCUT2D eigenvalue weighted by molar-refractivity contribution is 6.30. The van der Waals surface area contributed by atoms with Crippen molar-refractivity contribution >= 4 is 17.5 Å². The van der Waals surface area contributed by atoms with Gasteiger partial charge in [0.25, 0.3) is 5.56 Å². The fraction of sp³-hybridized carbons (Fsp3) is 0.562. The number of aromatic amines is 1. The SMILES string of the molecule is C[C@@H](Cn1cc(Cl)cn1)c1cc(=O)[nH]c(NCC2CCOCC2)n1. The average Bonchev–Trinajstić information content (AvgIpc) is 2.98. The van der Waals surface area contributed by atoms with Crippen LogP contribution in [-0.4, -0.2) is 39.5 Å². The first kappa shape index (κ1) is 17.0. The zero-order valence-electron chi connectivity index (χ0n) is 13.7. The Kier molecular flexibility index (Phi) is 5.52. The molecule has 8 heteroatoms. The van der Waals surface area contributed by atoms with E-state index in [-0.39, 0.29) is 11.5 Å². The molecule has 0 aliphatic carbocycles. The van der Waals surface area contributed by atoms with Gasteiger partial charge in [-0.2, -0.15) is 5.10 Å². The molecule has 1 fully saturated rings. The molecular formula is C16H22ClN5O2. The lowest BCUT2D eigenvalue weighted by Crippen LogP contribution is -2.24. The van der Waals surface area contributed by atoms with Crippen molar-refractivity contribution < 1.29 is 4.74 Å². The molecule has 3 rings (SSSR count). The highest BCUT2D eigenvalue weighted by Gasteiger charge is 2.15. The van der Waals surface area contributed by atoms with Crippen LogP contribution in [0.1, 0.15) is 31.4 Å². The van der Waals surface area contributed by atoms with E-state index in [4.69, 9.17) is 16.3 Å². The van der Waals surface area contributed by atoms with E-state index in [0.29, 0.717) is 23.4 Å². The number of H-pyrrole nitrogens is 1. The van der Waals surface area contributed by atoms with Crippen molar-refractivity contribution in [1.82, 2.24) is 19.7 Å². The number of aromatic nitrogens is 4. The van der Waals surface area contributed by atoms with E-state index in [2.05, 4.69) is 20.4 Å². The minimum Gasteiger partial charge on any atom is -0.381 e. The largest absolute Gasteiger partial charge is 0.381 e. The predicted molar refractivity (Wildman–Crippen MR) is 92.5 cm³/mol. The third kappa shape index (κ3) is 4.58. The van der Waals surface area contributed by atoms with E-state index in [1.807, 2.05) is 6.92 Å². The average molecular weight is 352 g/mol. The lowest BCUT2D eigenvalue weighted by molar-refractivity contribution is 0.0699. The summed E-state index contributed by atoms with van der Waals surface area (Å²) >= 11 is 5.88. The van der Waals surface area contributed by atoms with Crippen LogP contribution in [0.4, 0.5) is 5.95 Å². The van der Waals surface area contributed by atoms with Crippen molar-refractivity contribution in [2.24, 2.45) is 5.92 Å². The number of nitrogens with one attached hydrogen (secondary N) is 2. The maximum atomic E-state index is 11.9. The maximum absolute atomic E-state index is 11.9. The van der Waals surface area contributed by atoms with Gasteiger partial charge in [-0.15, -0.1) is 0 Å². The third-order valence-corrected chi connectivity index (χ3v) is 4.42. The topological polar surface area (TPSA) is 84.8 Å². The molecule has 0 spiro atoms. The second-order valence-corrected chi connectivity index (χ2v) is 6.67. The van der Waals surface area contributed by atoms with Crippen LogP contribution >= 0.6 is 11.6 Å². The number of nitrogens with zero attached hydrogens (tertiary/aromatic N) is 3. The molecular weight excluding hydrogens is 330 g/mol. The van der Waals surface area contributed by atoms with Crippen molar-refractivity contribution in [2.75, 3.05) is 25.1 Å². The van der Waals surface area contributed by atoms with Gasteiger partial charge >= 0.3 is 0 Å². The van der Waals surface area contributed by atoms with Crippen LogP contribution in [0.3, 0.4) is 0 Å². The zero-order valence-corrected chi connectivity index (χ0v) is 14.4. The maximum Gasteiger partial charge on any atom is 0.252 e. The van der Waals surface area contributed by atoms with Gasteiger partial charge in [0, 0.05) is 44.5 Å². The Balaban J connectivity index is 1.65. The van der Waals surface area contributed by atoms with Crippen molar-refractivity contribution in [3.05, 3.63) is 39.5 Å². The van der Waals surface area contributed by atoms with Crippen LogP contribution in [0.2, 0.25) is 5.02 Å². The smallest absolute Gasteiger partial charge is 0.252 e. The molecule has 3 heterocycles. The first-order valence-corrected chi connectivity index (χ1v) is 8.59. The van der Waals surface area contributed by atoms with Crippen LogP contribution in [0.15, 0.2) is 23.3 Å². The van der Waals surface area contributed by atoms with Gasteiger partial charge in [-0.3, -0.25) is 14.5 Å². The van der Waals surface area contributed by atoms with Crippen LogP contribution in [0.25, 0.3) is 0 Å². The molecule has 1 saturated heterocycles. The molecule has 0 aromatic carbocycles. The van der Waals surface area contributed by atoms with Gasteiger partial charge < -0.3 is 10.1 Å². The lowest BCUT2D eigenvalue weighted by Gasteiger charge is -2.22. The summed E-state index contributed by atoms with van der Waals surface area (Å²) in [6, 6.07) is 1.54. The second kappa shape index (κ2) is 7.81. The van der Waals surface area contributed by atoms with Crippen LogP contribution in [-0.2, 0) is 11.3 Å². The van der Waals surface area contributed by atoms with Crippen molar-refractivity contribution in [1.29, 1.82) is 0 Å². The lowest BCUT2D eigenvalue weighted by atomic mass is 10.0. The summed E-state index contributed by atoms with van der Waals surface area (Å²) in [5, 5.41) is 8.02. The molecule has 7 nitrogen and oxygen atoms in total. The van der Waals surface area contributed by atoms with Gasteiger partial charge in [-0.1, -0.05) is 18.5 Å². The van der Waals surface area contributed by atoms with E-state index in [1.165, 1.54) is 6.07 Å². The molecule has 0 bridgehead atoms. The van der Waals surface area contributed by atoms with E-state index < -0.39 is 0 Å². The van der Waals surface area contributed by atoms with E-state index in [9.17, 15) is 4.79 Å². The molecule has 24 heavy (non-hydrogen) atoms. The van der Waals surface area contributed by atoms with Crippen LogP contribution < -0.4 is 10.9 Å². The number of halogens is 1. The number of hydrogen-bond acceptors (Lipinski definition) is 5. The van der Waals surface area contributed by atoms with Crippen LogP contribution in [0.5, 0.6) is 0 Å². The van der Waals surface area contributed by atoms with Gasteiger partial charge in [0.15, 0.2) is 0 Å². The number of ether oxygens (including phenoxy) is 1. The summed E-state index contributed by atoms with van der Waals surface area (Å²) in [5.74, 6) is 1.12. The quantitative estimate of drug-likeness (QED) is 0.833. The molecule has 0 saturated carbocycles. The molecule has 0 unspecified atom stereocenters. The van der Waals surface area contributed by atoms with Crippen molar-refractivity contribution in [3.8, 4) is 0 Å². The fourth-order valence-corrected chi connectivity index (χ4v) is 2.97. The van der Waals surface area contributed by atoms with E-state index in [1.54, 1.807) is 17.1 Å². The first-order chi connectivity index (χ1) is 11.6. The van der Waals surface area contributed by atoms with Gasteiger partial charge in [-0.25, -0.2) is 4.98 Å². The Morgan fingerprint density at radius 2 is 2.29 bits per heavy atom. The molecule has 1 aliphatic heterocycles. The van der Waals surface area contributed by atoms with E-state index in [0.717, 1.165) is 38.3 Å².